The van der Waals surface area contributed by atoms with Gasteiger partial charge in [-0.1, -0.05) is 54.1 Å². The van der Waals surface area contributed by atoms with Crippen LogP contribution in [0, 0.1) is 0 Å². The minimum absolute atomic E-state index is 0.373. The van der Waals surface area contributed by atoms with E-state index in [2.05, 4.69) is 0 Å². The summed E-state index contributed by atoms with van der Waals surface area (Å²) in [4.78, 5) is 22.6. The Morgan fingerprint density at radius 3 is 2.16 bits per heavy atom. The smallest absolute Gasteiger partial charge is 0.311 e. The summed E-state index contributed by atoms with van der Waals surface area (Å²) < 4.78 is 0. The number of hydrogen-bond donors (Lipinski definition) is 1. The highest BCUT2D eigenvalue weighted by Gasteiger charge is 2.16. The Labute approximate surface area is 115 Å². The predicted octanol–water partition coefficient (Wildman–Crippen LogP) is 3.66. The van der Waals surface area contributed by atoms with Crippen molar-refractivity contribution < 1.29 is 14.7 Å². The summed E-state index contributed by atoms with van der Waals surface area (Å²) in [6.45, 7) is 0. The number of benzene rings is 2. The van der Waals surface area contributed by atoms with Crippen LogP contribution in [0.2, 0.25) is 5.02 Å². The fourth-order valence-electron chi connectivity index (χ4n) is 1.87. The van der Waals surface area contributed by atoms with Crippen molar-refractivity contribution >= 4 is 23.4 Å². The highest BCUT2D eigenvalue weighted by Crippen LogP contribution is 2.30. The molecule has 0 aliphatic heterocycles. The molecule has 0 heterocycles. The van der Waals surface area contributed by atoms with Crippen molar-refractivity contribution in [3.63, 3.8) is 0 Å². The SMILES string of the molecule is O=C(O)CC(=O)c1ccccc1-c1ccccc1Cl. The van der Waals surface area contributed by atoms with Gasteiger partial charge in [0.1, 0.15) is 6.42 Å². The molecule has 0 spiro atoms. The molecular formula is C15H11ClO3. The number of rotatable bonds is 4. The summed E-state index contributed by atoms with van der Waals surface area (Å²) in [7, 11) is 0. The second-order valence-electron chi connectivity index (χ2n) is 4.02. The summed E-state index contributed by atoms with van der Waals surface area (Å²) in [5.41, 5.74) is 1.75. The number of carboxylic acid groups (broad SMARTS) is 1. The molecular weight excluding hydrogens is 264 g/mol. The molecule has 0 aromatic heterocycles. The zero-order valence-corrected chi connectivity index (χ0v) is 10.7. The molecule has 3 nitrogen and oxygen atoms in total. The molecule has 0 unspecified atom stereocenters. The van der Waals surface area contributed by atoms with Crippen LogP contribution in [-0.4, -0.2) is 16.9 Å². The Balaban J connectivity index is 2.51. The molecule has 2 rings (SSSR count). The van der Waals surface area contributed by atoms with Crippen LogP contribution in [0.25, 0.3) is 11.1 Å². The van der Waals surface area contributed by atoms with Gasteiger partial charge in [0.05, 0.1) is 0 Å². The van der Waals surface area contributed by atoms with Crippen molar-refractivity contribution in [3.05, 3.63) is 59.1 Å². The molecule has 4 heteroatoms. The molecule has 19 heavy (non-hydrogen) atoms. The van der Waals surface area contributed by atoms with E-state index in [0.29, 0.717) is 16.1 Å². The molecule has 0 aliphatic rings. The average Bonchev–Trinajstić information content (AvgIpc) is 2.38. The third-order valence-corrected chi connectivity index (χ3v) is 3.03. The van der Waals surface area contributed by atoms with Gasteiger partial charge in [-0.05, 0) is 11.6 Å². The van der Waals surface area contributed by atoms with Gasteiger partial charge in [0.25, 0.3) is 0 Å². The molecule has 2 aromatic carbocycles. The topological polar surface area (TPSA) is 54.4 Å². The Bertz CT molecular complexity index is 635. The van der Waals surface area contributed by atoms with Gasteiger partial charge < -0.3 is 5.11 Å². The van der Waals surface area contributed by atoms with Gasteiger partial charge in [0, 0.05) is 16.1 Å². The summed E-state index contributed by atoms with van der Waals surface area (Å²) in [6.07, 6.45) is -0.526. The maximum absolute atomic E-state index is 11.9. The summed E-state index contributed by atoms with van der Waals surface area (Å²) >= 11 is 6.11. The molecule has 96 valence electrons. The predicted molar refractivity (Wildman–Crippen MR) is 73.5 cm³/mol. The van der Waals surface area contributed by atoms with Crippen LogP contribution in [0.4, 0.5) is 0 Å². The fourth-order valence-corrected chi connectivity index (χ4v) is 2.11. The number of aliphatic carboxylic acids is 1. The van der Waals surface area contributed by atoms with Gasteiger partial charge in [-0.2, -0.15) is 0 Å². The normalized spacial score (nSPS) is 10.2. The van der Waals surface area contributed by atoms with Crippen LogP contribution in [0.5, 0.6) is 0 Å². The van der Waals surface area contributed by atoms with E-state index in [4.69, 9.17) is 16.7 Å². The molecule has 0 amide bonds. The monoisotopic (exact) mass is 274 g/mol. The standard InChI is InChI=1S/C15H11ClO3/c16-13-8-4-3-6-11(13)10-5-1-2-7-12(10)14(17)9-15(18)19/h1-8H,9H2,(H,18,19). The Kier molecular flexibility index (Phi) is 3.97. The molecule has 0 bridgehead atoms. The number of hydrogen-bond acceptors (Lipinski definition) is 2. The maximum atomic E-state index is 11.9. The number of carbonyl (C=O) groups excluding carboxylic acids is 1. The van der Waals surface area contributed by atoms with Gasteiger partial charge in [0.2, 0.25) is 0 Å². The number of carbonyl (C=O) groups is 2. The Morgan fingerprint density at radius 1 is 0.947 bits per heavy atom. The van der Waals surface area contributed by atoms with Crippen molar-refractivity contribution in [1.82, 2.24) is 0 Å². The summed E-state index contributed by atoms with van der Waals surface area (Å²) in [6, 6.07) is 14.0. The molecule has 0 saturated heterocycles. The molecule has 1 N–H and O–H groups in total. The van der Waals surface area contributed by atoms with E-state index in [1.165, 1.54) is 0 Å². The second-order valence-corrected chi connectivity index (χ2v) is 4.43. The van der Waals surface area contributed by atoms with E-state index >= 15 is 0 Å². The van der Waals surface area contributed by atoms with E-state index in [1.807, 2.05) is 6.07 Å². The zero-order valence-electron chi connectivity index (χ0n) is 9.97. The lowest BCUT2D eigenvalue weighted by atomic mass is 9.96. The number of ketones is 1. The molecule has 0 aliphatic carbocycles. The third kappa shape index (κ3) is 3.01. The Morgan fingerprint density at radius 2 is 1.53 bits per heavy atom. The van der Waals surface area contributed by atoms with E-state index < -0.39 is 18.2 Å². The lowest BCUT2D eigenvalue weighted by Crippen LogP contribution is -2.08. The van der Waals surface area contributed by atoms with E-state index in [0.717, 1.165) is 5.56 Å². The van der Waals surface area contributed by atoms with Crippen molar-refractivity contribution in [2.24, 2.45) is 0 Å². The lowest BCUT2D eigenvalue weighted by molar-refractivity contribution is -0.135. The molecule has 0 atom stereocenters. The highest BCUT2D eigenvalue weighted by atomic mass is 35.5. The molecule has 0 saturated carbocycles. The van der Waals surface area contributed by atoms with Crippen LogP contribution in [0.15, 0.2) is 48.5 Å². The first-order valence-electron chi connectivity index (χ1n) is 5.68. The summed E-state index contributed by atoms with van der Waals surface area (Å²) in [5.74, 6) is -1.57. The van der Waals surface area contributed by atoms with Crippen LogP contribution >= 0.6 is 11.6 Å². The van der Waals surface area contributed by atoms with E-state index in [1.54, 1.807) is 42.5 Å². The lowest BCUT2D eigenvalue weighted by Gasteiger charge is -2.09. The van der Waals surface area contributed by atoms with Crippen LogP contribution in [0.3, 0.4) is 0 Å². The number of carboxylic acids is 1. The molecule has 0 fully saturated rings. The zero-order chi connectivity index (χ0) is 13.8. The molecule has 2 aromatic rings. The first-order valence-corrected chi connectivity index (χ1v) is 6.06. The number of halogens is 1. The Hall–Kier alpha value is -2.13. The van der Waals surface area contributed by atoms with E-state index in [9.17, 15) is 9.59 Å². The largest absolute Gasteiger partial charge is 0.481 e. The first kappa shape index (κ1) is 13.3. The summed E-state index contributed by atoms with van der Waals surface area (Å²) in [5, 5.41) is 9.24. The quantitative estimate of drug-likeness (QED) is 0.684. The van der Waals surface area contributed by atoms with Gasteiger partial charge in [-0.15, -0.1) is 0 Å². The number of Topliss-reactive ketones (excluding diaryl/α,β-unsaturated/α-hetero) is 1. The van der Waals surface area contributed by atoms with Crippen molar-refractivity contribution in [2.75, 3.05) is 0 Å². The van der Waals surface area contributed by atoms with Gasteiger partial charge in [-0.25, -0.2) is 0 Å². The van der Waals surface area contributed by atoms with Crippen molar-refractivity contribution in [2.45, 2.75) is 6.42 Å². The average molecular weight is 275 g/mol. The van der Waals surface area contributed by atoms with Gasteiger partial charge in [-0.3, -0.25) is 9.59 Å². The van der Waals surface area contributed by atoms with E-state index in [-0.39, 0.29) is 0 Å². The first-order chi connectivity index (χ1) is 9.09. The molecule has 0 radical (unpaired) electrons. The highest BCUT2D eigenvalue weighted by molar-refractivity contribution is 6.33. The third-order valence-electron chi connectivity index (χ3n) is 2.70. The maximum Gasteiger partial charge on any atom is 0.311 e. The van der Waals surface area contributed by atoms with Crippen molar-refractivity contribution in [3.8, 4) is 11.1 Å². The van der Waals surface area contributed by atoms with Crippen LogP contribution < -0.4 is 0 Å². The van der Waals surface area contributed by atoms with Crippen LogP contribution in [-0.2, 0) is 4.79 Å². The van der Waals surface area contributed by atoms with Gasteiger partial charge in [0.15, 0.2) is 5.78 Å². The van der Waals surface area contributed by atoms with Gasteiger partial charge >= 0.3 is 5.97 Å². The second kappa shape index (κ2) is 5.67. The minimum Gasteiger partial charge on any atom is -0.481 e. The van der Waals surface area contributed by atoms with Crippen molar-refractivity contribution in [1.29, 1.82) is 0 Å². The fraction of sp³-hybridized carbons (Fsp3) is 0.0667. The minimum atomic E-state index is -1.14. The van der Waals surface area contributed by atoms with Crippen LogP contribution in [0.1, 0.15) is 16.8 Å².